The predicted molar refractivity (Wildman–Crippen MR) is 106 cm³/mol. The molecule has 2 rings (SSSR count). The molecule has 0 saturated carbocycles. The molecule has 0 aliphatic heterocycles. The molecule has 5 nitrogen and oxygen atoms in total. The van der Waals surface area contributed by atoms with Crippen molar-refractivity contribution in [1.29, 1.82) is 0 Å². The molecular weight excluding hydrogens is 346 g/mol. The zero-order valence-electron chi connectivity index (χ0n) is 16.4. The molecule has 0 fully saturated rings. The summed E-state index contributed by atoms with van der Waals surface area (Å²) in [5.41, 5.74) is 2.39. The normalized spacial score (nSPS) is 10.9. The Morgan fingerprint density at radius 3 is 2.54 bits per heavy atom. The molecule has 1 heterocycles. The van der Waals surface area contributed by atoms with Gasteiger partial charge in [-0.3, -0.25) is 4.79 Å². The third-order valence-corrected chi connectivity index (χ3v) is 4.80. The maximum absolute atomic E-state index is 12.9. The van der Waals surface area contributed by atoms with Gasteiger partial charge in [0.25, 0.3) is 5.91 Å². The summed E-state index contributed by atoms with van der Waals surface area (Å²) in [7, 11) is 1.78. The highest BCUT2D eigenvalue weighted by Crippen LogP contribution is 2.24. The average molecular weight is 374 g/mol. The molecule has 2 aromatic rings. The van der Waals surface area contributed by atoms with Gasteiger partial charge in [0.15, 0.2) is 0 Å². The second kappa shape index (κ2) is 9.03. The number of amides is 1. The molecule has 0 spiro atoms. The summed E-state index contributed by atoms with van der Waals surface area (Å²) >= 11 is 1.48. The summed E-state index contributed by atoms with van der Waals surface area (Å²) in [5.74, 6) is 1.77. The number of aromatic nitrogens is 2. The molecule has 1 aromatic heterocycles. The summed E-state index contributed by atoms with van der Waals surface area (Å²) in [5, 5.41) is 0.734. The maximum Gasteiger partial charge on any atom is 0.258 e. The summed E-state index contributed by atoms with van der Waals surface area (Å²) in [6, 6.07) is 7.86. The molecule has 0 atom stereocenters. The Labute approximate surface area is 160 Å². The smallest absolute Gasteiger partial charge is 0.258 e. The van der Waals surface area contributed by atoms with E-state index in [2.05, 4.69) is 23.8 Å². The van der Waals surface area contributed by atoms with Crippen LogP contribution in [0, 0.1) is 13.8 Å². The van der Waals surface area contributed by atoms with E-state index < -0.39 is 0 Å². The van der Waals surface area contributed by atoms with Gasteiger partial charge in [-0.15, -0.1) is 11.8 Å². The lowest BCUT2D eigenvalue weighted by Crippen LogP contribution is -2.32. The van der Waals surface area contributed by atoms with Gasteiger partial charge >= 0.3 is 0 Å². The first-order chi connectivity index (χ1) is 12.3. The first kappa shape index (κ1) is 20.2. The van der Waals surface area contributed by atoms with Gasteiger partial charge in [0.2, 0.25) is 0 Å². The van der Waals surface area contributed by atoms with E-state index in [4.69, 9.17) is 4.74 Å². The highest BCUT2D eigenvalue weighted by molar-refractivity contribution is 7.98. The van der Waals surface area contributed by atoms with Crippen molar-refractivity contribution in [2.24, 2.45) is 0 Å². The number of thioether (sulfide) groups is 1. The van der Waals surface area contributed by atoms with Crippen LogP contribution in [0.2, 0.25) is 0 Å². The van der Waals surface area contributed by atoms with Gasteiger partial charge < -0.3 is 9.64 Å². The van der Waals surface area contributed by atoms with E-state index in [9.17, 15) is 4.79 Å². The third kappa shape index (κ3) is 4.75. The second-order valence-corrected chi connectivity index (χ2v) is 7.34. The number of carbonyl (C=O) groups excluding carboxylic acids is 1. The largest absolute Gasteiger partial charge is 0.491 e. The lowest BCUT2D eigenvalue weighted by Gasteiger charge is -2.20. The second-order valence-electron chi connectivity index (χ2n) is 6.55. The van der Waals surface area contributed by atoms with Crippen molar-refractivity contribution < 1.29 is 9.53 Å². The van der Waals surface area contributed by atoms with Crippen LogP contribution in [-0.2, 0) is 0 Å². The van der Waals surface area contributed by atoms with Crippen molar-refractivity contribution in [3.63, 3.8) is 0 Å². The number of benzene rings is 1. The van der Waals surface area contributed by atoms with Crippen LogP contribution in [0.3, 0.4) is 0 Å². The topological polar surface area (TPSA) is 55.3 Å². The van der Waals surface area contributed by atoms with Crippen LogP contribution >= 0.6 is 11.8 Å². The first-order valence-corrected chi connectivity index (χ1v) is 9.94. The molecule has 0 radical (unpaired) electrons. The summed E-state index contributed by atoms with van der Waals surface area (Å²) < 4.78 is 5.80. The van der Waals surface area contributed by atoms with Crippen LogP contribution in [0.5, 0.6) is 5.75 Å². The zero-order valence-corrected chi connectivity index (χ0v) is 17.2. The monoisotopic (exact) mass is 373 g/mol. The highest BCUT2D eigenvalue weighted by Gasteiger charge is 2.22. The lowest BCUT2D eigenvalue weighted by molar-refractivity contribution is 0.0768. The fourth-order valence-corrected chi connectivity index (χ4v) is 3.15. The molecule has 0 aliphatic rings. The minimum atomic E-state index is -0.0736. The van der Waals surface area contributed by atoms with E-state index in [0.717, 1.165) is 27.9 Å². The van der Waals surface area contributed by atoms with E-state index in [-0.39, 0.29) is 11.8 Å². The van der Waals surface area contributed by atoms with E-state index >= 15 is 0 Å². The fraction of sp³-hybridized carbons (Fsp3) is 0.450. The molecule has 1 amide bonds. The van der Waals surface area contributed by atoms with Crippen LogP contribution in [-0.4, -0.2) is 47.2 Å². The highest BCUT2D eigenvalue weighted by atomic mass is 32.2. The SMILES string of the molecule is CSc1nc(C(C)C)nc(C)c1C(=O)N(C)CCOc1ccccc1C. The molecule has 1 aromatic carbocycles. The molecule has 0 bridgehead atoms. The molecular formula is C20H27N3O2S. The average Bonchev–Trinajstić information content (AvgIpc) is 2.61. The van der Waals surface area contributed by atoms with Crippen LogP contribution in [0.4, 0.5) is 0 Å². The van der Waals surface area contributed by atoms with E-state index in [1.807, 2.05) is 44.4 Å². The minimum Gasteiger partial charge on any atom is -0.491 e. The number of hydrogen-bond acceptors (Lipinski definition) is 5. The number of carbonyl (C=O) groups is 1. The van der Waals surface area contributed by atoms with E-state index in [1.165, 1.54) is 11.8 Å². The van der Waals surface area contributed by atoms with E-state index in [1.54, 1.807) is 11.9 Å². The number of rotatable bonds is 7. The van der Waals surface area contributed by atoms with Crippen molar-refractivity contribution in [2.45, 2.75) is 38.6 Å². The Morgan fingerprint density at radius 1 is 1.23 bits per heavy atom. The molecule has 0 aliphatic carbocycles. The standard InChI is InChI=1S/C20H27N3O2S/c1-13(2)18-21-15(4)17(19(22-18)26-6)20(24)23(5)11-12-25-16-10-8-7-9-14(16)3/h7-10,13H,11-12H2,1-6H3. The lowest BCUT2D eigenvalue weighted by atomic mass is 10.1. The molecule has 0 saturated heterocycles. The molecule has 140 valence electrons. The molecule has 0 N–H and O–H groups in total. The zero-order chi connectivity index (χ0) is 19.3. The number of ether oxygens (including phenoxy) is 1. The Hall–Kier alpha value is -2.08. The maximum atomic E-state index is 12.9. The number of nitrogens with zero attached hydrogens (tertiary/aromatic N) is 3. The van der Waals surface area contributed by atoms with Crippen molar-refractivity contribution in [3.05, 3.63) is 46.9 Å². The predicted octanol–water partition coefficient (Wildman–Crippen LogP) is 4.09. The summed E-state index contributed by atoms with van der Waals surface area (Å²) in [4.78, 5) is 23.7. The fourth-order valence-electron chi connectivity index (χ4n) is 2.52. The van der Waals surface area contributed by atoms with Crippen LogP contribution in [0.1, 0.15) is 47.2 Å². The molecule has 0 unspecified atom stereocenters. The van der Waals surface area contributed by atoms with Gasteiger partial charge in [0.1, 0.15) is 23.2 Å². The molecule has 26 heavy (non-hydrogen) atoms. The van der Waals surface area contributed by atoms with Crippen LogP contribution < -0.4 is 4.74 Å². The third-order valence-electron chi connectivity index (χ3n) is 4.12. The van der Waals surface area contributed by atoms with Crippen molar-refractivity contribution in [2.75, 3.05) is 26.5 Å². The summed E-state index contributed by atoms with van der Waals surface area (Å²) in [6.07, 6.45) is 1.93. The number of aryl methyl sites for hydroxylation is 2. The minimum absolute atomic E-state index is 0.0736. The quantitative estimate of drug-likeness (QED) is 0.540. The van der Waals surface area contributed by atoms with Gasteiger partial charge in [-0.25, -0.2) is 9.97 Å². The van der Waals surface area contributed by atoms with Gasteiger partial charge in [0.05, 0.1) is 17.8 Å². The summed E-state index contributed by atoms with van der Waals surface area (Å²) in [6.45, 7) is 8.91. The Balaban J connectivity index is 2.09. The van der Waals surface area contributed by atoms with Gasteiger partial charge in [-0.05, 0) is 31.7 Å². The number of para-hydroxylation sites is 1. The van der Waals surface area contributed by atoms with Crippen LogP contribution in [0.25, 0.3) is 0 Å². The van der Waals surface area contributed by atoms with Gasteiger partial charge in [-0.1, -0.05) is 32.0 Å². The molecule has 6 heteroatoms. The Morgan fingerprint density at radius 2 is 1.92 bits per heavy atom. The Bertz CT molecular complexity index is 778. The Kier molecular flexibility index (Phi) is 7.03. The van der Waals surface area contributed by atoms with Crippen LogP contribution in [0.15, 0.2) is 29.3 Å². The number of likely N-dealkylation sites (N-methyl/N-ethyl adjacent to an activating group) is 1. The number of hydrogen-bond donors (Lipinski definition) is 0. The van der Waals surface area contributed by atoms with Crippen molar-refractivity contribution in [1.82, 2.24) is 14.9 Å². The first-order valence-electron chi connectivity index (χ1n) is 8.71. The van der Waals surface area contributed by atoms with Crippen molar-refractivity contribution in [3.8, 4) is 5.75 Å². The van der Waals surface area contributed by atoms with Gasteiger partial charge in [0, 0.05) is 13.0 Å². The van der Waals surface area contributed by atoms with Crippen molar-refractivity contribution >= 4 is 17.7 Å². The van der Waals surface area contributed by atoms with Gasteiger partial charge in [-0.2, -0.15) is 0 Å². The van der Waals surface area contributed by atoms with E-state index in [0.29, 0.717) is 18.7 Å².